The predicted molar refractivity (Wildman–Crippen MR) is 107 cm³/mol. The van der Waals surface area contributed by atoms with Crippen LogP contribution in [0.5, 0.6) is 0 Å². The summed E-state index contributed by atoms with van der Waals surface area (Å²) in [6.45, 7) is 1.55. The first-order valence-electron chi connectivity index (χ1n) is 9.60. The van der Waals surface area contributed by atoms with Crippen molar-refractivity contribution in [2.24, 2.45) is 0 Å². The van der Waals surface area contributed by atoms with Gasteiger partial charge in [0, 0.05) is 32.4 Å². The molecule has 1 aliphatic rings. The summed E-state index contributed by atoms with van der Waals surface area (Å²) in [6, 6.07) is 6.55. The number of halogens is 3. The molecular weight excluding hydrogens is 447 g/mol. The molecule has 0 atom stereocenters. The number of piperazine rings is 1. The van der Waals surface area contributed by atoms with E-state index in [1.54, 1.807) is 31.3 Å². The molecule has 168 valence electrons. The summed E-state index contributed by atoms with van der Waals surface area (Å²) in [5.74, 6) is -4.87. The highest BCUT2D eigenvalue weighted by atomic mass is 32.2. The second-order valence-electron chi connectivity index (χ2n) is 7.11. The predicted octanol–water partition coefficient (Wildman–Crippen LogP) is 2.14. The molecule has 0 aliphatic carbocycles. The van der Waals surface area contributed by atoms with Crippen LogP contribution in [0, 0.1) is 24.4 Å². The fraction of sp³-hybridized carbons (Fsp3) is 0.250. The van der Waals surface area contributed by atoms with Gasteiger partial charge in [-0.1, -0.05) is 6.07 Å². The maximum atomic E-state index is 14.0. The van der Waals surface area contributed by atoms with Crippen LogP contribution in [0.15, 0.2) is 47.6 Å². The maximum absolute atomic E-state index is 14.0. The van der Waals surface area contributed by atoms with Gasteiger partial charge in [0.2, 0.25) is 10.0 Å². The summed E-state index contributed by atoms with van der Waals surface area (Å²) in [6.07, 6.45) is 3.03. The molecule has 1 aliphatic heterocycles. The average molecular weight is 465 g/mol. The van der Waals surface area contributed by atoms with E-state index in [4.69, 9.17) is 0 Å². The maximum Gasteiger partial charge on any atom is 0.257 e. The monoisotopic (exact) mass is 465 g/mol. The summed E-state index contributed by atoms with van der Waals surface area (Å²) in [7, 11) is -4.40. The molecule has 4 rings (SSSR count). The molecule has 3 heterocycles. The molecule has 0 saturated carbocycles. The smallest absolute Gasteiger partial charge is 0.257 e. The van der Waals surface area contributed by atoms with E-state index in [0.29, 0.717) is 29.2 Å². The van der Waals surface area contributed by atoms with Gasteiger partial charge >= 0.3 is 0 Å². The number of aromatic nitrogens is 3. The molecule has 1 saturated heterocycles. The van der Waals surface area contributed by atoms with Gasteiger partial charge in [0.1, 0.15) is 4.90 Å². The molecule has 0 spiro atoms. The molecule has 1 aromatic carbocycles. The lowest BCUT2D eigenvalue weighted by Crippen LogP contribution is -2.50. The number of carbonyl (C=O) groups excluding carboxylic acids is 1. The Morgan fingerprint density at radius 2 is 1.72 bits per heavy atom. The van der Waals surface area contributed by atoms with Gasteiger partial charge in [0.05, 0.1) is 17.5 Å². The van der Waals surface area contributed by atoms with Crippen molar-refractivity contribution in [1.29, 1.82) is 0 Å². The van der Waals surface area contributed by atoms with Gasteiger partial charge in [0.25, 0.3) is 5.91 Å². The standard InChI is InChI=1S/C20H18F3N5O3S/c1-13-14(12-25-28(13)17-4-2-3-7-24-17)20(29)26-8-10-27(11-9-26)32(30,31)16-6-5-15(21)18(22)19(16)23/h2-7,12H,8-11H2,1H3. The SMILES string of the molecule is Cc1c(C(=O)N2CCN(S(=O)(=O)c3ccc(F)c(F)c3F)CC2)cnn1-c1ccccn1. The number of sulfonamides is 1. The van der Waals surface area contributed by atoms with Crippen molar-refractivity contribution in [2.75, 3.05) is 26.2 Å². The minimum Gasteiger partial charge on any atom is -0.336 e. The van der Waals surface area contributed by atoms with E-state index in [0.717, 1.165) is 4.31 Å². The Morgan fingerprint density at radius 1 is 1.00 bits per heavy atom. The minimum atomic E-state index is -4.40. The second kappa shape index (κ2) is 8.36. The van der Waals surface area contributed by atoms with E-state index in [-0.39, 0.29) is 32.1 Å². The zero-order chi connectivity index (χ0) is 23.0. The van der Waals surface area contributed by atoms with Crippen LogP contribution < -0.4 is 0 Å². The molecule has 3 aromatic rings. The molecule has 12 heteroatoms. The quantitative estimate of drug-likeness (QED) is 0.551. The summed E-state index contributed by atoms with van der Waals surface area (Å²) in [4.78, 5) is 17.7. The molecular formula is C20H18F3N5O3S. The largest absolute Gasteiger partial charge is 0.336 e. The van der Waals surface area contributed by atoms with Gasteiger partial charge in [-0.2, -0.15) is 9.40 Å². The van der Waals surface area contributed by atoms with E-state index in [2.05, 4.69) is 10.1 Å². The molecule has 0 N–H and O–H groups in total. The van der Waals surface area contributed by atoms with E-state index in [1.807, 2.05) is 0 Å². The third-order valence-electron chi connectivity index (χ3n) is 5.25. The van der Waals surface area contributed by atoms with Crippen molar-refractivity contribution in [2.45, 2.75) is 11.8 Å². The minimum absolute atomic E-state index is 0.0393. The van der Waals surface area contributed by atoms with Crippen molar-refractivity contribution in [3.05, 3.63) is 71.4 Å². The summed E-state index contributed by atoms with van der Waals surface area (Å²) in [5, 5.41) is 4.21. The van der Waals surface area contributed by atoms with Crippen LogP contribution in [0.25, 0.3) is 5.82 Å². The van der Waals surface area contributed by atoms with Crippen molar-refractivity contribution in [1.82, 2.24) is 24.0 Å². The van der Waals surface area contributed by atoms with Crippen LogP contribution in [-0.4, -0.2) is 64.5 Å². The van der Waals surface area contributed by atoms with Gasteiger partial charge in [-0.25, -0.2) is 31.3 Å². The lowest BCUT2D eigenvalue weighted by atomic mass is 10.2. The van der Waals surface area contributed by atoms with E-state index < -0.39 is 32.4 Å². The van der Waals surface area contributed by atoms with Crippen molar-refractivity contribution >= 4 is 15.9 Å². The number of hydrogen-bond acceptors (Lipinski definition) is 5. The van der Waals surface area contributed by atoms with Crippen LogP contribution in [0.1, 0.15) is 16.1 Å². The Balaban J connectivity index is 1.49. The third-order valence-corrected chi connectivity index (χ3v) is 7.17. The molecule has 0 bridgehead atoms. The fourth-order valence-corrected chi connectivity index (χ4v) is 4.96. The van der Waals surface area contributed by atoms with Gasteiger partial charge in [-0.15, -0.1) is 0 Å². The highest BCUT2D eigenvalue weighted by molar-refractivity contribution is 7.89. The molecule has 0 radical (unpaired) electrons. The van der Waals surface area contributed by atoms with Crippen LogP contribution >= 0.6 is 0 Å². The highest BCUT2D eigenvalue weighted by Crippen LogP contribution is 2.24. The van der Waals surface area contributed by atoms with E-state index >= 15 is 0 Å². The van der Waals surface area contributed by atoms with Crippen molar-refractivity contribution in [3.8, 4) is 5.82 Å². The normalized spacial score (nSPS) is 15.2. The first-order chi connectivity index (χ1) is 15.2. The van der Waals surface area contributed by atoms with E-state index in [1.165, 1.54) is 15.8 Å². The van der Waals surface area contributed by atoms with Crippen molar-refractivity contribution in [3.63, 3.8) is 0 Å². The number of benzene rings is 1. The van der Waals surface area contributed by atoms with E-state index in [9.17, 15) is 26.4 Å². The Morgan fingerprint density at radius 3 is 2.38 bits per heavy atom. The zero-order valence-electron chi connectivity index (χ0n) is 16.9. The lowest BCUT2D eigenvalue weighted by molar-refractivity contribution is 0.0697. The van der Waals surface area contributed by atoms with Crippen LogP contribution in [0.2, 0.25) is 0 Å². The Bertz CT molecular complexity index is 1270. The Labute approximate surface area is 181 Å². The number of rotatable bonds is 4. The van der Waals surface area contributed by atoms with Gasteiger partial charge in [0.15, 0.2) is 23.3 Å². The lowest BCUT2D eigenvalue weighted by Gasteiger charge is -2.34. The zero-order valence-corrected chi connectivity index (χ0v) is 17.7. The van der Waals surface area contributed by atoms with Crippen LogP contribution in [0.4, 0.5) is 13.2 Å². The molecule has 2 aromatic heterocycles. The molecule has 8 nitrogen and oxygen atoms in total. The Hall–Kier alpha value is -3.25. The van der Waals surface area contributed by atoms with Crippen LogP contribution in [0.3, 0.4) is 0 Å². The topological polar surface area (TPSA) is 88.4 Å². The summed E-state index contributed by atoms with van der Waals surface area (Å²) in [5.41, 5.74) is 0.922. The van der Waals surface area contributed by atoms with Crippen molar-refractivity contribution < 1.29 is 26.4 Å². The number of nitrogens with zero attached hydrogens (tertiary/aromatic N) is 5. The summed E-state index contributed by atoms with van der Waals surface area (Å²) < 4.78 is 68.6. The molecule has 1 amide bonds. The average Bonchev–Trinajstić information content (AvgIpc) is 3.18. The number of amides is 1. The second-order valence-corrected chi connectivity index (χ2v) is 9.02. The molecule has 0 unspecified atom stereocenters. The number of hydrogen-bond donors (Lipinski definition) is 0. The third kappa shape index (κ3) is 3.75. The van der Waals surface area contributed by atoms with Gasteiger partial charge in [-0.05, 0) is 31.2 Å². The molecule has 1 fully saturated rings. The number of pyridine rings is 1. The van der Waals surface area contributed by atoms with Gasteiger partial charge in [-0.3, -0.25) is 4.79 Å². The highest BCUT2D eigenvalue weighted by Gasteiger charge is 2.34. The Kier molecular flexibility index (Phi) is 5.73. The number of carbonyl (C=O) groups is 1. The first kappa shape index (κ1) is 22.0. The molecule has 32 heavy (non-hydrogen) atoms. The van der Waals surface area contributed by atoms with Crippen LogP contribution in [-0.2, 0) is 10.0 Å². The summed E-state index contributed by atoms with van der Waals surface area (Å²) >= 11 is 0. The van der Waals surface area contributed by atoms with Gasteiger partial charge < -0.3 is 4.90 Å². The first-order valence-corrected chi connectivity index (χ1v) is 11.0. The fourth-order valence-electron chi connectivity index (χ4n) is 3.48.